The van der Waals surface area contributed by atoms with E-state index in [2.05, 4.69) is 11.6 Å². The van der Waals surface area contributed by atoms with Crippen LogP contribution in [0.5, 0.6) is 0 Å². The zero-order valence-electron chi connectivity index (χ0n) is 8.46. The van der Waals surface area contributed by atoms with Gasteiger partial charge in [0.1, 0.15) is 0 Å². The normalized spacial score (nSPS) is 8.09. The number of rotatable bonds is 2. The molecule has 0 aliphatic rings. The summed E-state index contributed by atoms with van der Waals surface area (Å²) in [6, 6.07) is 0. The minimum absolute atomic E-state index is 1.64. The summed E-state index contributed by atoms with van der Waals surface area (Å²) >= 11 is 0. The molecule has 66 valence electrons. The van der Waals surface area contributed by atoms with Gasteiger partial charge in [-0.15, -0.1) is 0 Å². The summed E-state index contributed by atoms with van der Waals surface area (Å²) in [6.07, 6.45) is 6.85. The Morgan fingerprint density at radius 2 is 1.55 bits per heavy atom. The monoisotopic (exact) mass is 155 g/mol. The third kappa shape index (κ3) is 47.1. The van der Waals surface area contributed by atoms with Crippen molar-refractivity contribution in [3.63, 3.8) is 0 Å². The number of nitrogens with zero attached hydrogens (tertiary/aromatic N) is 1. The van der Waals surface area contributed by atoms with E-state index < -0.39 is 0 Å². The van der Waals surface area contributed by atoms with Gasteiger partial charge in [0, 0.05) is 12.4 Å². The minimum atomic E-state index is 1.64. The highest BCUT2D eigenvalue weighted by Gasteiger charge is 1.51. The number of allylic oxidation sites excluding steroid dienone is 2. The van der Waals surface area contributed by atoms with Crippen molar-refractivity contribution >= 4 is 6.21 Å². The molecule has 0 N–H and O–H groups in total. The van der Waals surface area contributed by atoms with Crippen LogP contribution in [-0.2, 0) is 0 Å². The van der Waals surface area contributed by atoms with E-state index in [1.165, 1.54) is 0 Å². The molecule has 0 aromatic carbocycles. The molecular weight excluding hydrogens is 134 g/mol. The van der Waals surface area contributed by atoms with Crippen molar-refractivity contribution in [3.8, 4) is 0 Å². The van der Waals surface area contributed by atoms with Crippen LogP contribution in [0.2, 0.25) is 0 Å². The van der Waals surface area contributed by atoms with Crippen LogP contribution in [0.4, 0.5) is 0 Å². The quantitative estimate of drug-likeness (QED) is 0.537. The molecule has 0 radical (unpaired) electrons. The molecule has 11 heavy (non-hydrogen) atoms. The molecule has 0 spiro atoms. The first-order valence-electron chi connectivity index (χ1n) is 4.17. The fourth-order valence-corrected chi connectivity index (χ4v) is 0.197. The van der Waals surface area contributed by atoms with Crippen molar-refractivity contribution in [2.75, 3.05) is 0 Å². The molecular formula is C10H21N. The van der Waals surface area contributed by atoms with Crippen molar-refractivity contribution < 1.29 is 0 Å². The lowest BCUT2D eigenvalue weighted by Crippen LogP contribution is -1.54. The molecule has 0 amide bonds. The van der Waals surface area contributed by atoms with Gasteiger partial charge in [0.2, 0.25) is 0 Å². The molecule has 0 unspecified atom stereocenters. The molecule has 0 fully saturated rings. The van der Waals surface area contributed by atoms with Gasteiger partial charge in [-0.05, 0) is 6.92 Å². The lowest BCUT2D eigenvalue weighted by atomic mass is 10.7. The van der Waals surface area contributed by atoms with Gasteiger partial charge in [-0.25, -0.2) is 0 Å². The smallest absolute Gasteiger partial charge is 0.0261 e. The molecule has 0 atom stereocenters. The Hall–Kier alpha value is -0.850. The maximum absolute atomic E-state index is 3.78. The minimum Gasteiger partial charge on any atom is -0.265 e. The third-order valence-electron chi connectivity index (χ3n) is 0.427. The third-order valence-corrected chi connectivity index (χ3v) is 0.427. The summed E-state index contributed by atoms with van der Waals surface area (Å²) in [5.41, 5.74) is 0. The summed E-state index contributed by atoms with van der Waals surface area (Å²) in [7, 11) is 0. The zero-order chi connectivity index (χ0) is 9.54. The van der Waals surface area contributed by atoms with Gasteiger partial charge in [0.25, 0.3) is 0 Å². The van der Waals surface area contributed by atoms with Gasteiger partial charge >= 0.3 is 0 Å². The first kappa shape index (κ1) is 16.6. The fraction of sp³-hybridized carbons (Fsp3) is 0.500. The van der Waals surface area contributed by atoms with Crippen LogP contribution in [0.3, 0.4) is 0 Å². The lowest BCUT2D eigenvalue weighted by molar-refractivity contribution is 1.50. The van der Waals surface area contributed by atoms with Gasteiger partial charge < -0.3 is 0 Å². The predicted molar refractivity (Wildman–Crippen MR) is 56.2 cm³/mol. The van der Waals surface area contributed by atoms with Gasteiger partial charge in [0.15, 0.2) is 0 Å². The Morgan fingerprint density at radius 3 is 1.82 bits per heavy atom. The number of hydrogen-bond donors (Lipinski definition) is 0. The van der Waals surface area contributed by atoms with E-state index in [4.69, 9.17) is 0 Å². The van der Waals surface area contributed by atoms with Crippen molar-refractivity contribution in [2.45, 2.75) is 34.6 Å². The second-order valence-electron chi connectivity index (χ2n) is 1.02. The molecule has 0 aliphatic heterocycles. The van der Waals surface area contributed by atoms with Gasteiger partial charge in [-0.3, -0.25) is 4.99 Å². The Labute approximate surface area is 71.6 Å². The molecule has 0 aromatic heterocycles. The SMILES string of the molecule is C=CC=N/C=C\C.CC.CC. The van der Waals surface area contributed by atoms with E-state index in [9.17, 15) is 0 Å². The molecule has 0 rings (SSSR count). The summed E-state index contributed by atoms with van der Waals surface area (Å²) in [5.74, 6) is 0. The lowest BCUT2D eigenvalue weighted by Gasteiger charge is -1.66. The van der Waals surface area contributed by atoms with Crippen molar-refractivity contribution in [2.24, 2.45) is 4.99 Å². The highest BCUT2D eigenvalue weighted by Crippen LogP contribution is 1.68. The highest BCUT2D eigenvalue weighted by atomic mass is 14.6. The first-order chi connectivity index (χ1) is 5.41. The second-order valence-corrected chi connectivity index (χ2v) is 1.02. The van der Waals surface area contributed by atoms with E-state index in [1.54, 1.807) is 18.5 Å². The maximum Gasteiger partial charge on any atom is 0.0261 e. The molecule has 0 aliphatic carbocycles. The summed E-state index contributed by atoms with van der Waals surface area (Å²) < 4.78 is 0. The molecule has 0 saturated carbocycles. The highest BCUT2D eigenvalue weighted by molar-refractivity contribution is 5.70. The standard InChI is InChI=1S/C6H9N.2C2H6/c1-3-5-7-6-4-2;2*1-2/h3-6H,1H2,2H3;2*1-2H3/b6-4-,7-5?;;. The second kappa shape index (κ2) is 35.3. The zero-order valence-corrected chi connectivity index (χ0v) is 8.46. The van der Waals surface area contributed by atoms with Crippen LogP contribution in [0.15, 0.2) is 29.9 Å². The summed E-state index contributed by atoms with van der Waals surface area (Å²) in [4.78, 5) is 3.78. The summed E-state index contributed by atoms with van der Waals surface area (Å²) in [6.45, 7) is 13.4. The molecule has 1 heteroatoms. The largest absolute Gasteiger partial charge is 0.265 e. The molecule has 0 heterocycles. The van der Waals surface area contributed by atoms with Crippen LogP contribution in [0.25, 0.3) is 0 Å². The Morgan fingerprint density at radius 1 is 1.09 bits per heavy atom. The van der Waals surface area contributed by atoms with Crippen LogP contribution in [0.1, 0.15) is 34.6 Å². The van der Waals surface area contributed by atoms with E-state index >= 15 is 0 Å². The topological polar surface area (TPSA) is 12.4 Å². The van der Waals surface area contributed by atoms with E-state index in [-0.39, 0.29) is 0 Å². The molecule has 0 bridgehead atoms. The van der Waals surface area contributed by atoms with E-state index in [0.717, 1.165) is 0 Å². The van der Waals surface area contributed by atoms with Crippen LogP contribution in [-0.4, -0.2) is 6.21 Å². The van der Waals surface area contributed by atoms with Gasteiger partial charge in [-0.1, -0.05) is 46.4 Å². The van der Waals surface area contributed by atoms with Crippen molar-refractivity contribution in [1.82, 2.24) is 0 Å². The van der Waals surface area contributed by atoms with Crippen LogP contribution < -0.4 is 0 Å². The summed E-state index contributed by atoms with van der Waals surface area (Å²) in [5, 5.41) is 0. The average molecular weight is 155 g/mol. The van der Waals surface area contributed by atoms with E-state index in [0.29, 0.717) is 0 Å². The maximum atomic E-state index is 3.78. The van der Waals surface area contributed by atoms with Crippen LogP contribution >= 0.6 is 0 Å². The Kier molecular flexibility index (Phi) is 53.3. The van der Waals surface area contributed by atoms with Gasteiger partial charge in [-0.2, -0.15) is 0 Å². The first-order valence-corrected chi connectivity index (χ1v) is 4.17. The van der Waals surface area contributed by atoms with Crippen LogP contribution in [0, 0.1) is 0 Å². The van der Waals surface area contributed by atoms with E-state index in [1.807, 2.05) is 40.7 Å². The molecule has 0 aromatic rings. The average Bonchev–Trinajstić information content (AvgIpc) is 2.13. The van der Waals surface area contributed by atoms with Gasteiger partial charge in [0.05, 0.1) is 0 Å². The van der Waals surface area contributed by atoms with Crippen molar-refractivity contribution in [3.05, 3.63) is 24.9 Å². The Bertz CT molecular complexity index is 91.0. The molecule has 0 saturated heterocycles. The number of hydrogen-bond acceptors (Lipinski definition) is 1. The molecule has 1 nitrogen and oxygen atoms in total. The number of aliphatic imine (C=N–C) groups is 1. The van der Waals surface area contributed by atoms with Crippen molar-refractivity contribution in [1.29, 1.82) is 0 Å². The predicted octanol–water partition coefficient (Wildman–Crippen LogP) is 3.83. The Balaban J connectivity index is -0.000000138. The fourth-order valence-electron chi connectivity index (χ4n) is 0.197.